The third-order valence-electron chi connectivity index (χ3n) is 3.08. The van der Waals surface area contributed by atoms with E-state index in [0.717, 1.165) is 35.5 Å². The van der Waals surface area contributed by atoms with Crippen molar-refractivity contribution in [2.75, 3.05) is 6.54 Å². The topological polar surface area (TPSA) is 53.6 Å². The second kappa shape index (κ2) is 5.20. The number of hydrogen-bond acceptors (Lipinski definition) is 3. The summed E-state index contributed by atoms with van der Waals surface area (Å²) in [7, 11) is 0. The van der Waals surface area contributed by atoms with Crippen molar-refractivity contribution in [1.29, 1.82) is 0 Å². The van der Waals surface area contributed by atoms with Crippen LogP contribution >= 0.6 is 0 Å². The molecule has 19 heavy (non-hydrogen) atoms. The summed E-state index contributed by atoms with van der Waals surface area (Å²) in [6, 6.07) is 10.2. The molecular formula is C15H16N4. The Kier molecular flexibility index (Phi) is 3.25. The average molecular weight is 252 g/mol. The first-order chi connectivity index (χ1) is 9.36. The molecule has 4 heteroatoms. The summed E-state index contributed by atoms with van der Waals surface area (Å²) < 4.78 is 0. The lowest BCUT2D eigenvalue weighted by molar-refractivity contribution is 0.727. The van der Waals surface area contributed by atoms with Gasteiger partial charge in [0.2, 0.25) is 0 Å². The summed E-state index contributed by atoms with van der Waals surface area (Å²) in [5.74, 6) is 0.887. The highest BCUT2D eigenvalue weighted by atomic mass is 14.9. The highest BCUT2D eigenvalue weighted by molar-refractivity contribution is 5.79. The first kappa shape index (κ1) is 11.9. The van der Waals surface area contributed by atoms with Crippen LogP contribution in [0.4, 0.5) is 0 Å². The van der Waals surface area contributed by atoms with E-state index in [1.54, 1.807) is 12.4 Å². The number of nitrogens with zero attached hydrogens (tertiary/aromatic N) is 2. The lowest BCUT2D eigenvalue weighted by atomic mass is 10.2. The zero-order valence-corrected chi connectivity index (χ0v) is 10.9. The monoisotopic (exact) mass is 252 g/mol. The van der Waals surface area contributed by atoms with E-state index in [-0.39, 0.29) is 0 Å². The van der Waals surface area contributed by atoms with Gasteiger partial charge in [0.15, 0.2) is 0 Å². The molecule has 2 N–H and O–H groups in total. The van der Waals surface area contributed by atoms with Gasteiger partial charge in [0.05, 0.1) is 11.0 Å². The van der Waals surface area contributed by atoms with Gasteiger partial charge in [-0.3, -0.25) is 4.98 Å². The van der Waals surface area contributed by atoms with Crippen LogP contribution in [0, 0.1) is 0 Å². The summed E-state index contributed by atoms with van der Waals surface area (Å²) in [5.41, 5.74) is 4.38. The van der Waals surface area contributed by atoms with Crippen LogP contribution in [0.25, 0.3) is 22.4 Å². The van der Waals surface area contributed by atoms with Gasteiger partial charge in [0.1, 0.15) is 5.82 Å². The minimum Gasteiger partial charge on any atom is -0.338 e. The molecule has 4 nitrogen and oxygen atoms in total. The van der Waals surface area contributed by atoms with E-state index >= 15 is 0 Å². The Morgan fingerprint density at radius 3 is 2.79 bits per heavy atom. The SMILES string of the molecule is CCNCc1ccc2nc(-c3ccncc3)[nH]c2c1. The fourth-order valence-electron chi connectivity index (χ4n) is 2.08. The van der Waals surface area contributed by atoms with Gasteiger partial charge in [-0.05, 0) is 36.4 Å². The van der Waals surface area contributed by atoms with E-state index in [0.29, 0.717) is 0 Å². The normalized spacial score (nSPS) is 11.0. The van der Waals surface area contributed by atoms with E-state index in [1.807, 2.05) is 12.1 Å². The predicted molar refractivity (Wildman–Crippen MR) is 76.7 cm³/mol. The number of H-pyrrole nitrogens is 1. The predicted octanol–water partition coefficient (Wildman–Crippen LogP) is 2.73. The molecule has 3 rings (SSSR count). The van der Waals surface area contributed by atoms with Crippen molar-refractivity contribution in [1.82, 2.24) is 20.3 Å². The molecule has 0 saturated heterocycles. The van der Waals surface area contributed by atoms with Gasteiger partial charge in [-0.15, -0.1) is 0 Å². The molecule has 0 unspecified atom stereocenters. The zero-order chi connectivity index (χ0) is 13.1. The molecule has 0 aliphatic heterocycles. The first-order valence-electron chi connectivity index (χ1n) is 6.46. The third-order valence-corrected chi connectivity index (χ3v) is 3.08. The second-order valence-corrected chi connectivity index (χ2v) is 4.45. The van der Waals surface area contributed by atoms with E-state index in [4.69, 9.17) is 0 Å². The molecule has 0 aliphatic carbocycles. The Labute approximate surface area is 111 Å². The molecular weight excluding hydrogens is 236 g/mol. The third kappa shape index (κ3) is 2.48. The molecule has 0 radical (unpaired) electrons. The van der Waals surface area contributed by atoms with E-state index in [1.165, 1.54) is 5.56 Å². The fourth-order valence-corrected chi connectivity index (χ4v) is 2.08. The lowest BCUT2D eigenvalue weighted by Crippen LogP contribution is -2.11. The molecule has 0 amide bonds. The van der Waals surface area contributed by atoms with Crippen molar-refractivity contribution in [3.05, 3.63) is 48.3 Å². The number of benzene rings is 1. The number of pyridine rings is 1. The summed E-state index contributed by atoms with van der Waals surface area (Å²) in [6.45, 7) is 3.97. The van der Waals surface area contributed by atoms with E-state index in [2.05, 4.69) is 45.4 Å². The number of hydrogen-bond donors (Lipinski definition) is 2. The Bertz CT molecular complexity index is 673. The van der Waals surface area contributed by atoms with Crippen molar-refractivity contribution in [2.24, 2.45) is 0 Å². The van der Waals surface area contributed by atoms with Gasteiger partial charge < -0.3 is 10.3 Å². The molecule has 0 spiro atoms. The van der Waals surface area contributed by atoms with Crippen LogP contribution in [0.3, 0.4) is 0 Å². The minimum absolute atomic E-state index is 0.885. The van der Waals surface area contributed by atoms with Gasteiger partial charge >= 0.3 is 0 Å². The quantitative estimate of drug-likeness (QED) is 0.750. The molecule has 96 valence electrons. The lowest BCUT2D eigenvalue weighted by Gasteiger charge is -2.00. The standard InChI is InChI=1S/C15H16N4/c1-2-16-10-11-3-4-13-14(9-11)19-15(18-13)12-5-7-17-8-6-12/h3-9,16H,2,10H2,1H3,(H,18,19). The average Bonchev–Trinajstić information content (AvgIpc) is 2.89. The Morgan fingerprint density at radius 1 is 1.16 bits per heavy atom. The number of rotatable bonds is 4. The minimum atomic E-state index is 0.885. The van der Waals surface area contributed by atoms with Crippen molar-refractivity contribution < 1.29 is 0 Å². The molecule has 0 atom stereocenters. The molecule has 2 aromatic heterocycles. The Morgan fingerprint density at radius 2 is 2.00 bits per heavy atom. The van der Waals surface area contributed by atoms with Crippen LogP contribution in [0.1, 0.15) is 12.5 Å². The molecule has 0 aliphatic rings. The first-order valence-corrected chi connectivity index (χ1v) is 6.46. The van der Waals surface area contributed by atoms with Crippen molar-refractivity contribution >= 4 is 11.0 Å². The highest BCUT2D eigenvalue weighted by Crippen LogP contribution is 2.20. The molecule has 1 aromatic carbocycles. The number of fused-ring (bicyclic) bond motifs is 1. The molecule has 0 saturated carbocycles. The maximum Gasteiger partial charge on any atom is 0.138 e. The summed E-state index contributed by atoms with van der Waals surface area (Å²) in [6.07, 6.45) is 3.55. The largest absolute Gasteiger partial charge is 0.338 e. The maximum atomic E-state index is 4.60. The number of nitrogens with one attached hydrogen (secondary N) is 2. The van der Waals surface area contributed by atoms with Gasteiger partial charge in [0, 0.05) is 24.5 Å². The molecule has 0 fully saturated rings. The maximum absolute atomic E-state index is 4.60. The van der Waals surface area contributed by atoms with Crippen LogP contribution < -0.4 is 5.32 Å². The Balaban J connectivity index is 1.97. The van der Waals surface area contributed by atoms with Gasteiger partial charge in [-0.2, -0.15) is 0 Å². The fraction of sp³-hybridized carbons (Fsp3) is 0.200. The van der Waals surface area contributed by atoms with Gasteiger partial charge in [-0.1, -0.05) is 13.0 Å². The van der Waals surface area contributed by atoms with Crippen molar-refractivity contribution in [3.8, 4) is 11.4 Å². The number of aromatic amines is 1. The van der Waals surface area contributed by atoms with Gasteiger partial charge in [-0.25, -0.2) is 4.98 Å². The Hall–Kier alpha value is -2.20. The summed E-state index contributed by atoms with van der Waals surface area (Å²) >= 11 is 0. The smallest absolute Gasteiger partial charge is 0.138 e. The van der Waals surface area contributed by atoms with E-state index < -0.39 is 0 Å². The second-order valence-electron chi connectivity index (χ2n) is 4.45. The molecule has 0 bridgehead atoms. The van der Waals surface area contributed by atoms with Crippen LogP contribution in [0.5, 0.6) is 0 Å². The zero-order valence-electron chi connectivity index (χ0n) is 10.9. The van der Waals surface area contributed by atoms with Crippen LogP contribution in [-0.4, -0.2) is 21.5 Å². The van der Waals surface area contributed by atoms with Crippen molar-refractivity contribution in [2.45, 2.75) is 13.5 Å². The van der Waals surface area contributed by atoms with Crippen LogP contribution in [-0.2, 0) is 6.54 Å². The molecule has 3 aromatic rings. The van der Waals surface area contributed by atoms with Crippen LogP contribution in [0.2, 0.25) is 0 Å². The summed E-state index contributed by atoms with van der Waals surface area (Å²) in [5, 5.41) is 3.33. The number of imidazole rings is 1. The summed E-state index contributed by atoms with van der Waals surface area (Å²) in [4.78, 5) is 12.0. The van der Waals surface area contributed by atoms with Gasteiger partial charge in [0.25, 0.3) is 0 Å². The highest BCUT2D eigenvalue weighted by Gasteiger charge is 2.05. The van der Waals surface area contributed by atoms with Crippen molar-refractivity contribution in [3.63, 3.8) is 0 Å². The number of aromatic nitrogens is 3. The van der Waals surface area contributed by atoms with E-state index in [9.17, 15) is 0 Å². The van der Waals surface area contributed by atoms with Crippen LogP contribution in [0.15, 0.2) is 42.7 Å². The molecule has 2 heterocycles.